The molecule has 18 heavy (non-hydrogen) atoms. The van der Waals surface area contributed by atoms with Gasteiger partial charge in [0.15, 0.2) is 0 Å². The highest BCUT2D eigenvalue weighted by atomic mass is 31.2. The van der Waals surface area contributed by atoms with Crippen LogP contribution in [0.5, 0.6) is 0 Å². The molecule has 0 saturated heterocycles. The topological polar surface area (TPSA) is 98.9 Å². The SMILES string of the molecule is CC[C@@](O)(C[N+](=O)[O-])P(=O)(OC(C)C)OC(C)C. The smallest absolute Gasteiger partial charge is 0.369 e. The Morgan fingerprint density at radius 2 is 1.67 bits per heavy atom. The van der Waals surface area contributed by atoms with Crippen LogP contribution in [0.4, 0.5) is 0 Å². The molecular formula is C10H22NO6P. The summed E-state index contributed by atoms with van der Waals surface area (Å²) in [6.45, 7) is 7.12. The van der Waals surface area contributed by atoms with Crippen molar-refractivity contribution in [2.75, 3.05) is 6.54 Å². The summed E-state index contributed by atoms with van der Waals surface area (Å²) in [4.78, 5) is 9.89. The van der Waals surface area contributed by atoms with E-state index in [1.807, 2.05) is 0 Å². The molecule has 0 amide bonds. The molecule has 0 rings (SSSR count). The predicted molar refractivity (Wildman–Crippen MR) is 67.2 cm³/mol. The van der Waals surface area contributed by atoms with Gasteiger partial charge < -0.3 is 14.2 Å². The van der Waals surface area contributed by atoms with Gasteiger partial charge in [-0.2, -0.15) is 0 Å². The van der Waals surface area contributed by atoms with Crippen LogP contribution in [-0.4, -0.2) is 34.1 Å². The van der Waals surface area contributed by atoms with Gasteiger partial charge in [0.05, 0.1) is 12.2 Å². The molecule has 0 aliphatic heterocycles. The summed E-state index contributed by atoms with van der Waals surface area (Å²) in [7, 11) is -3.99. The fraction of sp³-hybridized carbons (Fsp3) is 1.00. The third-order valence-electron chi connectivity index (χ3n) is 2.16. The van der Waals surface area contributed by atoms with E-state index in [2.05, 4.69) is 0 Å². The molecule has 0 unspecified atom stereocenters. The third kappa shape index (κ3) is 4.65. The first kappa shape index (κ1) is 17.5. The Morgan fingerprint density at radius 1 is 1.28 bits per heavy atom. The summed E-state index contributed by atoms with van der Waals surface area (Å²) >= 11 is 0. The van der Waals surface area contributed by atoms with Crippen molar-refractivity contribution in [2.24, 2.45) is 0 Å². The highest BCUT2D eigenvalue weighted by Crippen LogP contribution is 2.61. The number of hydrogen-bond acceptors (Lipinski definition) is 6. The van der Waals surface area contributed by atoms with Crippen LogP contribution in [0.1, 0.15) is 41.0 Å². The lowest BCUT2D eigenvalue weighted by Crippen LogP contribution is -2.39. The largest absolute Gasteiger partial charge is 0.372 e. The third-order valence-corrected chi connectivity index (χ3v) is 5.03. The van der Waals surface area contributed by atoms with Crippen LogP contribution in [0.15, 0.2) is 0 Å². The minimum Gasteiger partial charge on any atom is -0.372 e. The number of rotatable bonds is 8. The normalized spacial score (nSPS) is 16.0. The fourth-order valence-corrected chi connectivity index (χ4v) is 3.60. The van der Waals surface area contributed by atoms with Gasteiger partial charge in [-0.15, -0.1) is 0 Å². The molecule has 0 aromatic carbocycles. The van der Waals surface area contributed by atoms with Crippen molar-refractivity contribution >= 4 is 7.60 Å². The Hall–Kier alpha value is -0.490. The predicted octanol–water partition coefficient (Wildman–Crippen LogP) is 2.40. The van der Waals surface area contributed by atoms with Crippen LogP contribution >= 0.6 is 7.60 Å². The van der Waals surface area contributed by atoms with E-state index in [0.717, 1.165) is 0 Å². The second-order valence-electron chi connectivity index (χ2n) is 4.63. The molecule has 0 spiro atoms. The van der Waals surface area contributed by atoms with Crippen molar-refractivity contribution in [1.82, 2.24) is 0 Å². The van der Waals surface area contributed by atoms with Gasteiger partial charge in [-0.1, -0.05) is 6.92 Å². The second-order valence-corrected chi connectivity index (χ2v) is 6.88. The Bertz CT molecular complexity index is 318. The monoisotopic (exact) mass is 283 g/mol. The molecule has 0 bridgehead atoms. The van der Waals surface area contributed by atoms with Gasteiger partial charge in [-0.25, -0.2) is 0 Å². The molecule has 0 fully saturated rings. The molecule has 0 aliphatic carbocycles. The zero-order chi connectivity index (χ0) is 14.6. The van der Waals surface area contributed by atoms with E-state index < -0.39 is 36.6 Å². The maximum atomic E-state index is 12.6. The van der Waals surface area contributed by atoms with Crippen molar-refractivity contribution in [3.8, 4) is 0 Å². The van der Waals surface area contributed by atoms with Crippen LogP contribution < -0.4 is 0 Å². The van der Waals surface area contributed by atoms with E-state index in [1.165, 1.54) is 6.92 Å². The molecule has 0 heterocycles. The molecule has 1 N–H and O–H groups in total. The van der Waals surface area contributed by atoms with Crippen LogP contribution in [0.25, 0.3) is 0 Å². The van der Waals surface area contributed by atoms with Crippen molar-refractivity contribution < 1.29 is 23.6 Å². The van der Waals surface area contributed by atoms with E-state index in [9.17, 15) is 19.8 Å². The van der Waals surface area contributed by atoms with E-state index >= 15 is 0 Å². The number of aliphatic hydroxyl groups is 1. The van der Waals surface area contributed by atoms with Gasteiger partial charge in [0.25, 0.3) is 0 Å². The Kier molecular flexibility index (Phi) is 6.43. The zero-order valence-corrected chi connectivity index (χ0v) is 12.3. The van der Waals surface area contributed by atoms with E-state index in [1.54, 1.807) is 27.7 Å². The van der Waals surface area contributed by atoms with Crippen LogP contribution in [0.3, 0.4) is 0 Å². The van der Waals surface area contributed by atoms with Gasteiger partial charge in [0, 0.05) is 4.92 Å². The molecule has 0 aliphatic rings. The van der Waals surface area contributed by atoms with Crippen molar-refractivity contribution in [1.29, 1.82) is 0 Å². The Labute approximate surface area is 107 Å². The van der Waals surface area contributed by atoms with Gasteiger partial charge in [0.2, 0.25) is 11.9 Å². The lowest BCUT2D eigenvalue weighted by atomic mass is 10.3. The lowest BCUT2D eigenvalue weighted by molar-refractivity contribution is -0.495. The van der Waals surface area contributed by atoms with Gasteiger partial charge in [-0.05, 0) is 34.1 Å². The summed E-state index contributed by atoms with van der Waals surface area (Å²) in [5, 5.41) is 18.8. The summed E-state index contributed by atoms with van der Waals surface area (Å²) in [5.74, 6) is 0. The summed E-state index contributed by atoms with van der Waals surface area (Å²) in [6.07, 6.45) is -1.04. The lowest BCUT2D eigenvalue weighted by Gasteiger charge is -2.33. The minimum atomic E-state index is -3.99. The van der Waals surface area contributed by atoms with E-state index in [4.69, 9.17) is 9.05 Å². The van der Waals surface area contributed by atoms with E-state index in [0.29, 0.717) is 0 Å². The standard InChI is InChI=1S/C10H22NO6P/c1-6-10(12,7-11(13)14)18(15,16-8(2)3)17-9(4)5/h8-9,12H,6-7H2,1-5H3/t10-/m0/s1. The average molecular weight is 283 g/mol. The Balaban J connectivity index is 5.36. The van der Waals surface area contributed by atoms with Crippen LogP contribution in [-0.2, 0) is 13.6 Å². The van der Waals surface area contributed by atoms with Crippen LogP contribution in [0, 0.1) is 10.1 Å². The zero-order valence-electron chi connectivity index (χ0n) is 11.5. The van der Waals surface area contributed by atoms with Crippen LogP contribution in [0.2, 0.25) is 0 Å². The fourth-order valence-electron chi connectivity index (χ4n) is 1.37. The Morgan fingerprint density at radius 3 is 1.89 bits per heavy atom. The highest BCUT2D eigenvalue weighted by molar-refractivity contribution is 7.55. The molecular weight excluding hydrogens is 261 g/mol. The van der Waals surface area contributed by atoms with Gasteiger partial charge in [0.1, 0.15) is 0 Å². The molecule has 1 atom stereocenters. The molecule has 0 radical (unpaired) electrons. The van der Waals surface area contributed by atoms with Crippen molar-refractivity contribution in [3.05, 3.63) is 10.1 Å². The van der Waals surface area contributed by atoms with E-state index in [-0.39, 0.29) is 6.42 Å². The molecule has 0 saturated carbocycles. The molecule has 8 heteroatoms. The van der Waals surface area contributed by atoms with Crippen molar-refractivity contribution in [2.45, 2.75) is 58.6 Å². The number of nitrogens with zero attached hydrogens (tertiary/aromatic N) is 1. The van der Waals surface area contributed by atoms with Gasteiger partial charge in [-0.3, -0.25) is 14.7 Å². The summed E-state index contributed by atoms with van der Waals surface area (Å²) in [5.41, 5.74) is 0. The summed E-state index contributed by atoms with van der Waals surface area (Å²) < 4.78 is 23.0. The number of nitro groups is 1. The highest BCUT2D eigenvalue weighted by Gasteiger charge is 2.53. The first-order valence-electron chi connectivity index (χ1n) is 5.87. The quantitative estimate of drug-likeness (QED) is 0.417. The molecule has 0 aromatic rings. The molecule has 7 nitrogen and oxygen atoms in total. The maximum absolute atomic E-state index is 12.6. The second kappa shape index (κ2) is 6.61. The molecule has 0 aromatic heterocycles. The minimum absolute atomic E-state index is 0.0926. The first-order chi connectivity index (χ1) is 8.06. The van der Waals surface area contributed by atoms with Gasteiger partial charge >= 0.3 is 7.60 Å². The molecule has 108 valence electrons. The summed E-state index contributed by atoms with van der Waals surface area (Å²) in [6, 6.07) is 0. The van der Waals surface area contributed by atoms with Crippen molar-refractivity contribution in [3.63, 3.8) is 0 Å². The first-order valence-corrected chi connectivity index (χ1v) is 7.41. The maximum Gasteiger partial charge on any atom is 0.369 e. The average Bonchev–Trinajstić information content (AvgIpc) is 2.13. The number of hydrogen-bond donors (Lipinski definition) is 1.